The molecular weight excluding hydrogens is 248 g/mol. The van der Waals surface area contributed by atoms with Gasteiger partial charge in [0.05, 0.1) is 0 Å². The number of rotatable bonds is 3. The van der Waals surface area contributed by atoms with Gasteiger partial charge in [0.25, 0.3) is 5.91 Å². The smallest absolute Gasteiger partial charge is 0.251 e. The fourth-order valence-electron chi connectivity index (χ4n) is 2.84. The van der Waals surface area contributed by atoms with Crippen molar-refractivity contribution in [2.24, 2.45) is 5.92 Å². The third kappa shape index (κ3) is 2.68. The highest BCUT2D eigenvalue weighted by Gasteiger charge is 2.22. The zero-order chi connectivity index (χ0) is 13.9. The fourth-order valence-corrected chi connectivity index (χ4v) is 2.84. The summed E-state index contributed by atoms with van der Waals surface area (Å²) in [5, 5.41) is 8.73. The molecule has 1 aliphatic rings. The Hall–Kier alpha value is -1.87. The van der Waals surface area contributed by atoms with Gasteiger partial charge in [0.15, 0.2) is 0 Å². The number of amides is 1. The lowest BCUT2D eigenvalue weighted by atomic mass is 10.00. The molecular formula is C17H20N2O. The van der Waals surface area contributed by atoms with Crippen molar-refractivity contribution in [2.45, 2.75) is 19.4 Å². The van der Waals surface area contributed by atoms with Crippen LogP contribution in [0.5, 0.6) is 0 Å². The lowest BCUT2D eigenvalue weighted by Crippen LogP contribution is -2.38. The van der Waals surface area contributed by atoms with E-state index in [4.69, 9.17) is 0 Å². The first-order valence-electron chi connectivity index (χ1n) is 7.24. The van der Waals surface area contributed by atoms with Gasteiger partial charge in [-0.05, 0) is 55.3 Å². The van der Waals surface area contributed by atoms with Gasteiger partial charge in [0.2, 0.25) is 0 Å². The van der Waals surface area contributed by atoms with Crippen LogP contribution in [0.2, 0.25) is 0 Å². The van der Waals surface area contributed by atoms with E-state index < -0.39 is 0 Å². The van der Waals surface area contributed by atoms with Crippen molar-refractivity contribution in [3.8, 4) is 0 Å². The molecule has 3 rings (SSSR count). The predicted molar refractivity (Wildman–Crippen MR) is 81.9 cm³/mol. The number of nitrogens with one attached hydrogen (secondary N) is 2. The molecule has 2 unspecified atom stereocenters. The molecule has 2 N–H and O–H groups in total. The first-order valence-corrected chi connectivity index (χ1v) is 7.24. The third-order valence-electron chi connectivity index (χ3n) is 4.18. The average Bonchev–Trinajstić information content (AvgIpc) is 3.01. The highest BCUT2D eigenvalue weighted by molar-refractivity contribution is 5.98. The van der Waals surface area contributed by atoms with Crippen LogP contribution >= 0.6 is 0 Å². The molecule has 0 saturated carbocycles. The minimum absolute atomic E-state index is 0.0233. The number of fused-ring (bicyclic) bond motifs is 1. The highest BCUT2D eigenvalue weighted by Crippen LogP contribution is 2.17. The monoisotopic (exact) mass is 268 g/mol. The van der Waals surface area contributed by atoms with Gasteiger partial charge in [-0.25, -0.2) is 0 Å². The van der Waals surface area contributed by atoms with Gasteiger partial charge < -0.3 is 10.6 Å². The van der Waals surface area contributed by atoms with E-state index in [2.05, 4.69) is 23.6 Å². The Morgan fingerprint density at radius 1 is 1.25 bits per heavy atom. The van der Waals surface area contributed by atoms with Gasteiger partial charge in [-0.15, -0.1) is 0 Å². The third-order valence-corrected chi connectivity index (χ3v) is 4.18. The van der Waals surface area contributed by atoms with E-state index in [1.807, 2.05) is 36.4 Å². The summed E-state index contributed by atoms with van der Waals surface area (Å²) < 4.78 is 0. The molecule has 1 aliphatic heterocycles. The molecule has 1 saturated heterocycles. The second-order valence-electron chi connectivity index (χ2n) is 5.58. The van der Waals surface area contributed by atoms with Crippen molar-refractivity contribution >= 4 is 16.7 Å². The Morgan fingerprint density at radius 2 is 2.05 bits per heavy atom. The van der Waals surface area contributed by atoms with E-state index in [1.54, 1.807) is 0 Å². The van der Waals surface area contributed by atoms with Crippen molar-refractivity contribution in [2.75, 3.05) is 13.1 Å². The van der Waals surface area contributed by atoms with Crippen LogP contribution in [-0.4, -0.2) is 25.0 Å². The standard InChI is InChI=1S/C17H20N2O/c1-12(16-8-9-18-11-16)19-17(20)15-7-6-13-4-2-3-5-14(13)10-15/h2-7,10,12,16,18H,8-9,11H2,1H3,(H,19,20). The molecule has 0 bridgehead atoms. The molecule has 0 spiro atoms. The van der Waals surface area contributed by atoms with Gasteiger partial charge >= 0.3 is 0 Å². The van der Waals surface area contributed by atoms with Gasteiger partial charge in [-0.2, -0.15) is 0 Å². The molecule has 0 aromatic heterocycles. The molecule has 0 aliphatic carbocycles. The normalized spacial score (nSPS) is 19.9. The zero-order valence-electron chi connectivity index (χ0n) is 11.7. The molecule has 1 amide bonds. The Labute approximate surface area is 119 Å². The summed E-state index contributed by atoms with van der Waals surface area (Å²) in [6, 6.07) is 14.2. The second kappa shape index (κ2) is 5.63. The summed E-state index contributed by atoms with van der Waals surface area (Å²) >= 11 is 0. The number of benzene rings is 2. The summed E-state index contributed by atoms with van der Waals surface area (Å²) in [6.07, 6.45) is 1.14. The highest BCUT2D eigenvalue weighted by atomic mass is 16.1. The van der Waals surface area contributed by atoms with Crippen molar-refractivity contribution in [3.05, 3.63) is 48.0 Å². The molecule has 104 valence electrons. The van der Waals surface area contributed by atoms with Gasteiger partial charge in [0.1, 0.15) is 0 Å². The number of carbonyl (C=O) groups excluding carboxylic acids is 1. The zero-order valence-corrected chi connectivity index (χ0v) is 11.7. The summed E-state index contributed by atoms with van der Waals surface area (Å²) in [6.45, 7) is 4.15. The predicted octanol–water partition coefficient (Wildman–Crippen LogP) is 2.57. The maximum absolute atomic E-state index is 12.3. The van der Waals surface area contributed by atoms with Crippen LogP contribution in [-0.2, 0) is 0 Å². The molecule has 2 aromatic carbocycles. The Kier molecular flexibility index (Phi) is 3.70. The Bertz CT molecular complexity index is 617. The quantitative estimate of drug-likeness (QED) is 0.898. The van der Waals surface area contributed by atoms with E-state index in [0.29, 0.717) is 5.92 Å². The lowest BCUT2D eigenvalue weighted by molar-refractivity contribution is 0.0929. The Balaban J connectivity index is 1.74. The summed E-state index contributed by atoms with van der Waals surface area (Å²) in [5.41, 5.74) is 0.738. The topological polar surface area (TPSA) is 41.1 Å². The maximum Gasteiger partial charge on any atom is 0.251 e. The minimum Gasteiger partial charge on any atom is -0.349 e. The summed E-state index contributed by atoms with van der Waals surface area (Å²) in [5.74, 6) is 0.564. The molecule has 2 aromatic rings. The molecule has 3 heteroatoms. The van der Waals surface area contributed by atoms with E-state index in [1.165, 1.54) is 0 Å². The Morgan fingerprint density at radius 3 is 2.80 bits per heavy atom. The van der Waals surface area contributed by atoms with Crippen LogP contribution < -0.4 is 10.6 Å². The second-order valence-corrected chi connectivity index (χ2v) is 5.58. The van der Waals surface area contributed by atoms with Gasteiger partial charge in [-0.3, -0.25) is 4.79 Å². The molecule has 1 heterocycles. The van der Waals surface area contributed by atoms with Crippen LogP contribution in [0, 0.1) is 5.92 Å². The van der Waals surface area contributed by atoms with Crippen LogP contribution in [0.4, 0.5) is 0 Å². The van der Waals surface area contributed by atoms with Gasteiger partial charge in [-0.1, -0.05) is 30.3 Å². The number of carbonyl (C=O) groups is 1. The number of hydrogen-bond acceptors (Lipinski definition) is 2. The molecule has 1 fully saturated rings. The van der Waals surface area contributed by atoms with Crippen LogP contribution in [0.1, 0.15) is 23.7 Å². The number of hydrogen-bond donors (Lipinski definition) is 2. The van der Waals surface area contributed by atoms with Crippen molar-refractivity contribution in [1.29, 1.82) is 0 Å². The fraction of sp³-hybridized carbons (Fsp3) is 0.353. The van der Waals surface area contributed by atoms with Crippen LogP contribution in [0.3, 0.4) is 0 Å². The minimum atomic E-state index is 0.0233. The van der Waals surface area contributed by atoms with Crippen LogP contribution in [0.15, 0.2) is 42.5 Å². The average molecular weight is 268 g/mol. The van der Waals surface area contributed by atoms with Crippen molar-refractivity contribution in [1.82, 2.24) is 10.6 Å². The molecule has 0 radical (unpaired) electrons. The van der Waals surface area contributed by atoms with Crippen LogP contribution in [0.25, 0.3) is 10.8 Å². The molecule has 3 nitrogen and oxygen atoms in total. The molecule has 20 heavy (non-hydrogen) atoms. The summed E-state index contributed by atoms with van der Waals surface area (Å²) in [4.78, 5) is 12.3. The van der Waals surface area contributed by atoms with E-state index >= 15 is 0 Å². The van der Waals surface area contributed by atoms with E-state index in [-0.39, 0.29) is 11.9 Å². The first kappa shape index (κ1) is 13.1. The largest absolute Gasteiger partial charge is 0.349 e. The van der Waals surface area contributed by atoms with Crippen molar-refractivity contribution in [3.63, 3.8) is 0 Å². The van der Waals surface area contributed by atoms with E-state index in [0.717, 1.165) is 35.8 Å². The lowest BCUT2D eigenvalue weighted by Gasteiger charge is -2.19. The van der Waals surface area contributed by atoms with E-state index in [9.17, 15) is 4.79 Å². The maximum atomic E-state index is 12.3. The SMILES string of the molecule is CC(NC(=O)c1ccc2ccccc2c1)C1CCNC1. The van der Waals surface area contributed by atoms with Crippen molar-refractivity contribution < 1.29 is 4.79 Å². The molecule has 2 atom stereocenters. The first-order chi connectivity index (χ1) is 9.74. The van der Waals surface area contributed by atoms with Gasteiger partial charge in [0, 0.05) is 11.6 Å². The summed E-state index contributed by atoms with van der Waals surface area (Å²) in [7, 11) is 0.